The largest absolute Gasteiger partial charge is 0.325 e. The number of thiazole rings is 1. The summed E-state index contributed by atoms with van der Waals surface area (Å²) in [5.74, 6) is -0.335. The molecule has 0 aliphatic heterocycles. The van der Waals surface area contributed by atoms with Gasteiger partial charge in [0.15, 0.2) is 5.13 Å². The Morgan fingerprint density at radius 1 is 1.00 bits per heavy atom. The van der Waals surface area contributed by atoms with Crippen LogP contribution in [0.3, 0.4) is 0 Å². The summed E-state index contributed by atoms with van der Waals surface area (Å²) >= 11 is 6.97. The number of carbonyl (C=O) groups is 2. The highest BCUT2D eigenvalue weighted by Crippen LogP contribution is 2.18. The molecule has 0 bridgehead atoms. The van der Waals surface area contributed by atoms with Gasteiger partial charge in [0.25, 0.3) is 5.91 Å². The van der Waals surface area contributed by atoms with Gasteiger partial charge in [0.05, 0.1) is 0 Å². The van der Waals surface area contributed by atoms with E-state index in [1.807, 2.05) is 25.1 Å². The molecule has 0 spiro atoms. The Labute approximate surface area is 159 Å². The molecule has 0 unspecified atom stereocenters. The first-order chi connectivity index (χ1) is 12.5. The Balaban J connectivity index is 1.59. The van der Waals surface area contributed by atoms with Crippen molar-refractivity contribution in [3.05, 3.63) is 70.2 Å². The van der Waals surface area contributed by atoms with Gasteiger partial charge in [-0.05, 0) is 48.9 Å². The minimum absolute atomic E-state index is 0.235. The molecule has 2 aromatic carbocycles. The minimum atomic E-state index is -0.452. The zero-order valence-electron chi connectivity index (χ0n) is 13.7. The van der Waals surface area contributed by atoms with Crippen molar-refractivity contribution in [1.82, 2.24) is 4.98 Å². The topological polar surface area (TPSA) is 83.1 Å². The van der Waals surface area contributed by atoms with Gasteiger partial charge >= 0.3 is 6.03 Å². The third-order valence-electron chi connectivity index (χ3n) is 3.34. The number of aryl methyl sites for hydroxylation is 1. The third-order valence-corrected chi connectivity index (χ3v) is 4.35. The minimum Gasteiger partial charge on any atom is -0.321 e. The highest BCUT2D eigenvalue weighted by Gasteiger charge is 2.13. The van der Waals surface area contributed by atoms with Gasteiger partial charge in [0.1, 0.15) is 5.69 Å². The number of rotatable bonds is 4. The molecule has 3 amide bonds. The van der Waals surface area contributed by atoms with Crippen LogP contribution in [0.15, 0.2) is 53.9 Å². The SMILES string of the molecule is Cc1cccc(NC(=O)c2csc(NC(=O)Nc3ccc(Cl)cc3)n2)c1. The fourth-order valence-corrected chi connectivity index (χ4v) is 2.96. The van der Waals surface area contributed by atoms with Gasteiger partial charge in [0.2, 0.25) is 0 Å². The lowest BCUT2D eigenvalue weighted by Crippen LogP contribution is -2.19. The number of benzene rings is 2. The molecular formula is C18H15ClN4O2S. The van der Waals surface area contributed by atoms with Crippen LogP contribution in [0, 0.1) is 6.92 Å². The number of hydrogen-bond donors (Lipinski definition) is 3. The second kappa shape index (κ2) is 7.99. The van der Waals surface area contributed by atoms with Crippen LogP contribution in [-0.4, -0.2) is 16.9 Å². The summed E-state index contributed by atoms with van der Waals surface area (Å²) in [6.07, 6.45) is 0. The molecule has 0 fully saturated rings. The normalized spacial score (nSPS) is 10.2. The van der Waals surface area contributed by atoms with Crippen LogP contribution in [-0.2, 0) is 0 Å². The number of nitrogens with zero attached hydrogens (tertiary/aromatic N) is 1. The summed E-state index contributed by atoms with van der Waals surface area (Å²) in [7, 11) is 0. The Hall–Kier alpha value is -2.90. The van der Waals surface area contributed by atoms with Gasteiger partial charge < -0.3 is 10.6 Å². The second-order valence-electron chi connectivity index (χ2n) is 5.45. The molecule has 6 nitrogen and oxygen atoms in total. The Morgan fingerprint density at radius 3 is 2.50 bits per heavy atom. The standard InChI is InChI=1S/C18H15ClN4O2S/c1-11-3-2-4-14(9-11)20-16(24)15-10-26-18(22-15)23-17(25)21-13-7-5-12(19)6-8-13/h2-10H,1H3,(H,20,24)(H2,21,22,23,25). The van der Waals surface area contributed by atoms with Crippen molar-refractivity contribution in [3.63, 3.8) is 0 Å². The van der Waals surface area contributed by atoms with E-state index in [4.69, 9.17) is 11.6 Å². The zero-order valence-corrected chi connectivity index (χ0v) is 15.3. The molecule has 0 radical (unpaired) electrons. The van der Waals surface area contributed by atoms with Crippen molar-refractivity contribution in [2.45, 2.75) is 6.92 Å². The zero-order chi connectivity index (χ0) is 18.5. The van der Waals surface area contributed by atoms with Crippen molar-refractivity contribution in [3.8, 4) is 0 Å². The van der Waals surface area contributed by atoms with Gasteiger partial charge in [-0.1, -0.05) is 23.7 Å². The molecule has 0 saturated heterocycles. The van der Waals surface area contributed by atoms with E-state index >= 15 is 0 Å². The number of anilines is 3. The van der Waals surface area contributed by atoms with E-state index < -0.39 is 6.03 Å². The number of aromatic nitrogens is 1. The van der Waals surface area contributed by atoms with E-state index in [-0.39, 0.29) is 11.6 Å². The predicted octanol–water partition coefficient (Wildman–Crippen LogP) is 5.00. The van der Waals surface area contributed by atoms with E-state index in [1.54, 1.807) is 35.7 Å². The van der Waals surface area contributed by atoms with E-state index in [0.717, 1.165) is 5.56 Å². The van der Waals surface area contributed by atoms with Crippen LogP contribution in [0.4, 0.5) is 21.3 Å². The van der Waals surface area contributed by atoms with Crippen LogP contribution in [0.2, 0.25) is 5.02 Å². The maximum Gasteiger partial charge on any atom is 0.325 e. The predicted molar refractivity (Wildman–Crippen MR) is 105 cm³/mol. The maximum atomic E-state index is 12.2. The molecular weight excluding hydrogens is 372 g/mol. The Kier molecular flexibility index (Phi) is 5.50. The van der Waals surface area contributed by atoms with Crippen LogP contribution >= 0.6 is 22.9 Å². The molecule has 1 heterocycles. The van der Waals surface area contributed by atoms with Gasteiger partial charge in [-0.15, -0.1) is 11.3 Å². The fraction of sp³-hybridized carbons (Fsp3) is 0.0556. The van der Waals surface area contributed by atoms with Crippen LogP contribution in [0.25, 0.3) is 0 Å². The molecule has 26 heavy (non-hydrogen) atoms. The van der Waals surface area contributed by atoms with E-state index in [1.165, 1.54) is 11.3 Å². The van der Waals surface area contributed by atoms with Crippen molar-refractivity contribution in [2.75, 3.05) is 16.0 Å². The summed E-state index contributed by atoms with van der Waals surface area (Å²) in [4.78, 5) is 28.4. The molecule has 8 heteroatoms. The van der Waals surface area contributed by atoms with Gasteiger partial charge in [-0.3, -0.25) is 10.1 Å². The Bertz CT molecular complexity index is 940. The molecule has 1 aromatic heterocycles. The van der Waals surface area contributed by atoms with Gasteiger partial charge in [-0.2, -0.15) is 0 Å². The van der Waals surface area contributed by atoms with Gasteiger partial charge in [0, 0.05) is 21.8 Å². The lowest BCUT2D eigenvalue weighted by atomic mass is 10.2. The first kappa shape index (κ1) is 17.9. The maximum absolute atomic E-state index is 12.2. The first-order valence-electron chi connectivity index (χ1n) is 7.67. The average Bonchev–Trinajstić information content (AvgIpc) is 3.05. The molecule has 0 aliphatic carbocycles. The van der Waals surface area contributed by atoms with Crippen molar-refractivity contribution < 1.29 is 9.59 Å². The van der Waals surface area contributed by atoms with Crippen molar-refractivity contribution in [1.29, 1.82) is 0 Å². The fourth-order valence-electron chi connectivity index (χ4n) is 2.15. The lowest BCUT2D eigenvalue weighted by molar-refractivity contribution is 0.102. The first-order valence-corrected chi connectivity index (χ1v) is 8.92. The molecule has 3 N–H and O–H groups in total. The number of urea groups is 1. The third kappa shape index (κ3) is 4.81. The summed E-state index contributed by atoms with van der Waals surface area (Å²) in [5.41, 5.74) is 2.57. The molecule has 3 rings (SSSR count). The quantitative estimate of drug-likeness (QED) is 0.589. The van der Waals surface area contributed by atoms with Crippen molar-refractivity contribution >= 4 is 51.4 Å². The highest BCUT2D eigenvalue weighted by molar-refractivity contribution is 7.14. The molecule has 132 valence electrons. The molecule has 0 aliphatic rings. The van der Waals surface area contributed by atoms with Crippen LogP contribution in [0.5, 0.6) is 0 Å². The summed E-state index contributed by atoms with van der Waals surface area (Å²) < 4.78 is 0. The van der Waals surface area contributed by atoms with Crippen LogP contribution < -0.4 is 16.0 Å². The number of nitrogens with one attached hydrogen (secondary N) is 3. The highest BCUT2D eigenvalue weighted by atomic mass is 35.5. The monoisotopic (exact) mass is 386 g/mol. The molecule has 0 atom stereocenters. The Morgan fingerprint density at radius 2 is 1.77 bits per heavy atom. The van der Waals surface area contributed by atoms with Crippen LogP contribution in [0.1, 0.15) is 16.1 Å². The van der Waals surface area contributed by atoms with E-state index in [2.05, 4.69) is 20.9 Å². The lowest BCUT2D eigenvalue weighted by Gasteiger charge is -2.05. The average molecular weight is 387 g/mol. The number of hydrogen-bond acceptors (Lipinski definition) is 4. The number of halogens is 1. The molecule has 0 saturated carbocycles. The summed E-state index contributed by atoms with van der Waals surface area (Å²) in [6, 6.07) is 13.7. The summed E-state index contributed by atoms with van der Waals surface area (Å²) in [6.45, 7) is 1.94. The number of carbonyl (C=O) groups excluding carboxylic acids is 2. The van der Waals surface area contributed by atoms with Crippen molar-refractivity contribution in [2.24, 2.45) is 0 Å². The molecule has 3 aromatic rings. The van der Waals surface area contributed by atoms with E-state index in [9.17, 15) is 9.59 Å². The van der Waals surface area contributed by atoms with E-state index in [0.29, 0.717) is 21.5 Å². The second-order valence-corrected chi connectivity index (χ2v) is 6.74. The number of amides is 3. The van der Waals surface area contributed by atoms with Gasteiger partial charge in [-0.25, -0.2) is 9.78 Å². The smallest absolute Gasteiger partial charge is 0.321 e. The summed E-state index contributed by atoms with van der Waals surface area (Å²) in [5, 5.41) is 10.5.